The van der Waals surface area contributed by atoms with Gasteiger partial charge in [-0.2, -0.15) is 0 Å². The topological polar surface area (TPSA) is 290 Å². The van der Waals surface area contributed by atoms with E-state index in [-0.39, 0.29) is 72.2 Å². The van der Waals surface area contributed by atoms with Gasteiger partial charge in [0.2, 0.25) is 17.7 Å². The number of ether oxygens (including phenoxy) is 9. The highest BCUT2D eigenvalue weighted by Gasteiger charge is 2.41. The Morgan fingerprint density at radius 3 is 2.02 bits per heavy atom. The summed E-state index contributed by atoms with van der Waals surface area (Å²) in [6, 6.07) is 10.2. The van der Waals surface area contributed by atoms with Gasteiger partial charge in [-0.15, -0.1) is 0 Å². The summed E-state index contributed by atoms with van der Waals surface area (Å²) < 4.78 is 51.8. The van der Waals surface area contributed by atoms with Crippen molar-refractivity contribution < 1.29 is 76.5 Å². The van der Waals surface area contributed by atoms with E-state index in [2.05, 4.69) is 70.7 Å². The average Bonchev–Trinajstić information content (AvgIpc) is 1.67. The molecule has 5 aliphatic rings. The molecule has 108 heavy (non-hydrogen) atoms. The third-order valence-corrected chi connectivity index (χ3v) is 22.5. The van der Waals surface area contributed by atoms with Gasteiger partial charge >= 0.3 is 17.9 Å². The average molecular weight is 1530 g/mol. The lowest BCUT2D eigenvalue weighted by atomic mass is 9.84. The van der Waals surface area contributed by atoms with Gasteiger partial charge < -0.3 is 74.3 Å². The highest BCUT2D eigenvalue weighted by atomic mass is 32.1. The predicted molar refractivity (Wildman–Crippen MR) is 419 cm³/mol. The van der Waals surface area contributed by atoms with E-state index in [0.717, 1.165) is 152 Å². The quantitative estimate of drug-likeness (QED) is 0.0152. The third-order valence-electron chi connectivity index (χ3n) is 21.9. The summed E-state index contributed by atoms with van der Waals surface area (Å²) >= 11 is 1.17. The van der Waals surface area contributed by atoms with E-state index in [1.165, 1.54) is 42.4 Å². The van der Waals surface area contributed by atoms with Crippen LogP contribution in [0.15, 0.2) is 72.6 Å². The molecule has 0 bridgehead atoms. The molecule has 3 aromatic rings. The second-order valence-corrected chi connectivity index (χ2v) is 30.8. The van der Waals surface area contributed by atoms with Crippen LogP contribution in [0.5, 0.6) is 28.2 Å². The molecule has 25 heteroatoms. The molecule has 1 aromatic heterocycles. The molecule has 6 N–H and O–H groups in total. The van der Waals surface area contributed by atoms with Gasteiger partial charge in [0.25, 0.3) is 5.19 Å². The van der Waals surface area contributed by atoms with Gasteiger partial charge in [0, 0.05) is 88.0 Å². The van der Waals surface area contributed by atoms with Crippen LogP contribution in [-0.2, 0) is 60.6 Å². The number of benzene rings is 2. The molecule has 2 aromatic carbocycles. The summed E-state index contributed by atoms with van der Waals surface area (Å²) in [7, 11) is 6.55. The predicted octanol–water partition coefficient (Wildman–Crippen LogP) is 12.5. The number of esters is 3. The van der Waals surface area contributed by atoms with E-state index in [9.17, 15) is 28.8 Å². The zero-order valence-corrected chi connectivity index (χ0v) is 66.8. The first kappa shape index (κ1) is 88.2. The molecule has 5 fully saturated rings. The highest BCUT2D eigenvalue weighted by molar-refractivity contribution is 7.11. The lowest BCUT2D eigenvalue weighted by molar-refractivity contribution is -0.157. The molecule has 2 saturated carbocycles. The first-order valence-corrected chi connectivity index (χ1v) is 41.3. The first-order chi connectivity index (χ1) is 52.3. The molecule has 3 amide bonds. The minimum Gasteiger partial charge on any atom is -0.513 e. The SMILES string of the molecule is C=C(N)CN[C@@H](CC1CCCCC1)C(=O)N1CCC[C@@H]1C(=O)N[C@H](CCCCNC(=O)C(CCCCCCC)C(=O)O[C@@H]1CCN([C@H](CC)[C@@H](C)OCCc2ccc(OC)c(OC)c2)C1)C(=O)Oc1nccs1.C=C(O)CCCCCC(=O)O[C@@H]1CCN([C@@H]2CCCC[C@H]2OCCc2ccc(OC)c(OC)c2)C1. The largest absolute Gasteiger partial charge is 0.513 e. The number of hydrogen-bond donors (Lipinski definition) is 5. The lowest BCUT2D eigenvalue weighted by Crippen LogP contribution is -2.55. The molecule has 3 aliphatic heterocycles. The number of methoxy groups -OCH3 is 4. The van der Waals surface area contributed by atoms with E-state index < -0.39 is 41.9 Å². The Kier molecular flexibility index (Phi) is 39.7. The summed E-state index contributed by atoms with van der Waals surface area (Å²) in [6.07, 6.45) is 27.4. The van der Waals surface area contributed by atoms with Crippen molar-refractivity contribution in [2.75, 3.05) is 87.5 Å². The normalized spacial score (nSPS) is 20.4. The monoisotopic (exact) mass is 1530 g/mol. The van der Waals surface area contributed by atoms with Crippen LogP contribution in [0.1, 0.15) is 218 Å². The number of amides is 3. The number of aliphatic hydroxyl groups is 1. The summed E-state index contributed by atoms with van der Waals surface area (Å²) in [4.78, 5) is 92.3. The minimum absolute atomic E-state index is 0.0194. The second kappa shape index (κ2) is 48.6. The maximum Gasteiger partial charge on any atom is 0.335 e. The number of aromatic nitrogens is 1. The Balaban J connectivity index is 0.000000386. The molecule has 0 spiro atoms. The fourth-order valence-electron chi connectivity index (χ4n) is 15.9. The van der Waals surface area contributed by atoms with Crippen LogP contribution in [0, 0.1) is 11.8 Å². The molecule has 8 rings (SSSR count). The van der Waals surface area contributed by atoms with Crippen LogP contribution < -0.4 is 45.4 Å². The van der Waals surface area contributed by atoms with Gasteiger partial charge in [0.05, 0.1) is 65.7 Å². The van der Waals surface area contributed by atoms with E-state index >= 15 is 0 Å². The van der Waals surface area contributed by atoms with Gasteiger partial charge in [0.15, 0.2) is 23.0 Å². The zero-order valence-electron chi connectivity index (χ0n) is 66.0. The number of allylic oxidation sites excluding steroid dienone is 1. The molecule has 10 atom stereocenters. The Labute approximate surface area is 647 Å². The number of nitrogens with one attached hydrogen (secondary N) is 3. The Hall–Kier alpha value is -7.03. The number of unbranched alkanes of at least 4 members (excludes halogenated alkanes) is 7. The van der Waals surface area contributed by atoms with Crippen molar-refractivity contribution in [2.45, 2.75) is 274 Å². The molecule has 4 heterocycles. The van der Waals surface area contributed by atoms with Crippen molar-refractivity contribution in [3.05, 3.63) is 83.7 Å². The maximum atomic E-state index is 14.2. The van der Waals surface area contributed by atoms with Gasteiger partial charge in [-0.05, 0) is 151 Å². The van der Waals surface area contributed by atoms with Crippen LogP contribution in [-0.4, -0.2) is 203 Å². The Morgan fingerprint density at radius 1 is 0.685 bits per heavy atom. The molecule has 0 radical (unpaired) electrons. The Bertz CT molecular complexity index is 3210. The van der Waals surface area contributed by atoms with Gasteiger partial charge in [0.1, 0.15) is 30.2 Å². The minimum atomic E-state index is -1.02. The number of nitrogens with two attached hydrogens (primary N) is 1. The Morgan fingerprint density at radius 2 is 1.34 bits per heavy atom. The van der Waals surface area contributed by atoms with Crippen LogP contribution >= 0.6 is 11.3 Å². The number of likely N-dealkylation sites (tertiary alicyclic amines) is 3. The highest BCUT2D eigenvalue weighted by Crippen LogP contribution is 2.34. The van der Waals surface area contributed by atoms with Crippen molar-refractivity contribution in [1.82, 2.24) is 35.6 Å². The van der Waals surface area contributed by atoms with Gasteiger partial charge in [-0.1, -0.05) is 134 Å². The van der Waals surface area contributed by atoms with E-state index in [1.54, 1.807) is 38.7 Å². The number of aliphatic hydroxyl groups excluding tert-OH is 1. The van der Waals surface area contributed by atoms with Crippen LogP contribution in [0.25, 0.3) is 0 Å². The summed E-state index contributed by atoms with van der Waals surface area (Å²) in [5.74, 6) is 0.344. The number of hydrogen-bond acceptors (Lipinski definition) is 22. The van der Waals surface area contributed by atoms with E-state index in [0.29, 0.717) is 120 Å². The molecule has 604 valence electrons. The van der Waals surface area contributed by atoms with Crippen LogP contribution in [0.4, 0.5) is 0 Å². The number of rotatable bonds is 47. The van der Waals surface area contributed by atoms with Crippen molar-refractivity contribution in [3.63, 3.8) is 0 Å². The zero-order chi connectivity index (χ0) is 77.6. The van der Waals surface area contributed by atoms with Crippen LogP contribution in [0.2, 0.25) is 0 Å². The number of nitrogens with zero attached hydrogens (tertiary/aromatic N) is 4. The number of thiazole rings is 1. The molecule has 2 aliphatic carbocycles. The van der Waals surface area contributed by atoms with E-state index in [4.69, 9.17) is 53.5 Å². The smallest absolute Gasteiger partial charge is 0.335 e. The summed E-state index contributed by atoms with van der Waals surface area (Å²) in [5.41, 5.74) is 8.60. The third kappa shape index (κ3) is 29.7. The molecule has 3 saturated heterocycles. The first-order valence-electron chi connectivity index (χ1n) is 40.4. The lowest BCUT2D eigenvalue weighted by Gasteiger charge is -2.37. The van der Waals surface area contributed by atoms with Crippen molar-refractivity contribution in [3.8, 4) is 28.2 Å². The van der Waals surface area contributed by atoms with Crippen molar-refractivity contribution >= 4 is 47.0 Å². The molecular weight excluding hydrogens is 1400 g/mol. The molecular formula is C83H130N8O16S. The van der Waals surface area contributed by atoms with Crippen LogP contribution in [0.3, 0.4) is 0 Å². The summed E-state index contributed by atoms with van der Waals surface area (Å²) in [5, 5.41) is 20.2. The molecule has 24 nitrogen and oxygen atoms in total. The summed E-state index contributed by atoms with van der Waals surface area (Å²) in [6.45, 7) is 19.0. The fraction of sp³-hybridized carbons (Fsp3) is 0.699. The van der Waals surface area contributed by atoms with Crippen molar-refractivity contribution in [1.29, 1.82) is 0 Å². The van der Waals surface area contributed by atoms with E-state index in [1.807, 2.05) is 30.3 Å². The number of carbonyl (C=O) groups excluding carboxylic acids is 6. The molecule has 1 unspecified atom stereocenters. The fourth-order valence-corrected chi connectivity index (χ4v) is 16.3. The number of carbonyl (C=O) groups is 6. The standard InChI is InChI=1S/C55H87N7O10S.C28H43NO6/c1-7-9-10-11-15-21-43(53(66)71-42-26-31-61(37-42)46(8-2)39(4)70-32-27-41-24-25-48(68-5)49(35-41)69-6)50(63)57-28-17-16-22-44(54(67)72-55-58-29-33-73-55)60-51(64)47-23-18-30-62(47)52(65)45(59-36-38(3)56)34-40-19-13-12-14-20-40;1-21(30)9-5-4-6-12-28(31)35-23-15-17-29(20-23)24-10-7-8-11-25(24)34-18-16-22-13-14-26(32-2)27(19-22)33-3/h24-25,29,33,35,39-40,42-47,59H,3,7-23,26-28,30-32,34,36-37,56H2,1-2,4-6H3,(H,57,63)(H,60,64);13-14,19,23-25,30H,1,4-12,15-18,20H2,2-3H3/t39-,42-,43?,44-,45+,46-,47-;23-,24-,25-/m11/s1. The maximum absolute atomic E-state index is 14.2. The van der Waals surface area contributed by atoms with Gasteiger partial charge in [-0.3, -0.25) is 33.8 Å². The van der Waals surface area contributed by atoms with Gasteiger partial charge in [-0.25, -0.2) is 9.78 Å². The van der Waals surface area contributed by atoms with Crippen molar-refractivity contribution in [2.24, 2.45) is 17.6 Å². The second-order valence-electron chi connectivity index (χ2n) is 29.9.